The lowest BCUT2D eigenvalue weighted by Crippen LogP contribution is -2.38. The second kappa shape index (κ2) is 3.84. The molecule has 1 aromatic heterocycles. The Kier molecular flexibility index (Phi) is 2.31. The van der Waals surface area contributed by atoms with Gasteiger partial charge in [-0.3, -0.25) is 4.79 Å². The number of fused-ring (bicyclic) bond motifs is 1. The number of hydrogen-bond donors (Lipinski definition) is 1. The molecule has 17 heavy (non-hydrogen) atoms. The molecule has 0 spiro atoms. The molecule has 5 nitrogen and oxygen atoms in total. The van der Waals surface area contributed by atoms with Gasteiger partial charge < -0.3 is 5.32 Å². The zero-order valence-corrected chi connectivity index (χ0v) is 9.68. The Hall–Kier alpha value is -1.91. The third-order valence-electron chi connectivity index (χ3n) is 3.18. The summed E-state index contributed by atoms with van der Waals surface area (Å²) >= 11 is 0. The maximum absolute atomic E-state index is 11.8. The first-order chi connectivity index (χ1) is 8.25. The molecule has 1 aliphatic rings. The van der Waals surface area contributed by atoms with Gasteiger partial charge in [0.1, 0.15) is 11.6 Å². The maximum Gasteiger partial charge on any atom is 0.244 e. The van der Waals surface area contributed by atoms with E-state index in [-0.39, 0.29) is 11.9 Å². The predicted molar refractivity (Wildman–Crippen MR) is 63.5 cm³/mol. The van der Waals surface area contributed by atoms with Crippen LogP contribution >= 0.6 is 0 Å². The molecule has 88 valence electrons. The van der Waals surface area contributed by atoms with E-state index in [1.54, 1.807) is 4.68 Å². The summed E-state index contributed by atoms with van der Waals surface area (Å²) in [6.45, 7) is 2.78. The van der Waals surface area contributed by atoms with Crippen molar-refractivity contribution in [3.05, 3.63) is 23.8 Å². The molecule has 2 aromatic rings. The fourth-order valence-corrected chi connectivity index (χ4v) is 2.27. The van der Waals surface area contributed by atoms with Crippen molar-refractivity contribution in [3.8, 4) is 0 Å². The number of benzene rings is 1. The monoisotopic (exact) mass is 230 g/mol. The highest BCUT2D eigenvalue weighted by molar-refractivity contribution is 5.83. The molecule has 1 unspecified atom stereocenters. The maximum atomic E-state index is 11.8. The Morgan fingerprint density at radius 3 is 3.18 bits per heavy atom. The van der Waals surface area contributed by atoms with E-state index in [1.807, 2.05) is 25.1 Å². The number of aromatic nitrogens is 3. The number of nitrogens with zero attached hydrogens (tertiary/aromatic N) is 3. The van der Waals surface area contributed by atoms with Crippen molar-refractivity contribution in [2.24, 2.45) is 0 Å². The van der Waals surface area contributed by atoms with Crippen molar-refractivity contribution in [3.63, 3.8) is 0 Å². The van der Waals surface area contributed by atoms with E-state index in [2.05, 4.69) is 15.6 Å². The quantitative estimate of drug-likeness (QED) is 0.800. The van der Waals surface area contributed by atoms with Crippen molar-refractivity contribution < 1.29 is 4.79 Å². The molecule has 0 bridgehead atoms. The standard InChI is InChI=1S/C12H14N4O/c1-8-4-5-10-9(7-8)14-15-16(10)11-3-2-6-13-12(11)17/h4-5,7,11H,2-3,6H2,1H3,(H,13,17). The third-order valence-corrected chi connectivity index (χ3v) is 3.18. The van der Waals surface area contributed by atoms with Gasteiger partial charge in [0.25, 0.3) is 0 Å². The van der Waals surface area contributed by atoms with Gasteiger partial charge in [-0.1, -0.05) is 11.3 Å². The van der Waals surface area contributed by atoms with E-state index in [0.29, 0.717) is 0 Å². The van der Waals surface area contributed by atoms with Gasteiger partial charge in [-0.15, -0.1) is 5.10 Å². The predicted octanol–water partition coefficient (Wildman–Crippen LogP) is 1.19. The minimum absolute atomic E-state index is 0.0450. The Morgan fingerprint density at radius 2 is 2.35 bits per heavy atom. The number of carbonyl (C=O) groups is 1. The topological polar surface area (TPSA) is 59.8 Å². The molecule has 1 N–H and O–H groups in total. The number of nitrogens with one attached hydrogen (secondary N) is 1. The van der Waals surface area contributed by atoms with Crippen molar-refractivity contribution >= 4 is 16.9 Å². The number of aryl methyl sites for hydroxylation is 1. The molecule has 2 heterocycles. The molecule has 3 rings (SSSR count). The molecule has 1 aromatic carbocycles. The van der Waals surface area contributed by atoms with Crippen molar-refractivity contribution in [1.82, 2.24) is 20.3 Å². The van der Waals surface area contributed by atoms with E-state index in [0.717, 1.165) is 36.0 Å². The van der Waals surface area contributed by atoms with Gasteiger partial charge in [0.05, 0.1) is 5.52 Å². The van der Waals surface area contributed by atoms with Gasteiger partial charge in [0, 0.05) is 6.54 Å². The number of piperidine rings is 1. The van der Waals surface area contributed by atoms with Crippen molar-refractivity contribution in [2.45, 2.75) is 25.8 Å². The second-order valence-electron chi connectivity index (χ2n) is 4.48. The summed E-state index contributed by atoms with van der Waals surface area (Å²) in [6, 6.07) is 5.77. The van der Waals surface area contributed by atoms with Crippen LogP contribution in [0.5, 0.6) is 0 Å². The highest BCUT2D eigenvalue weighted by Crippen LogP contribution is 2.22. The van der Waals surface area contributed by atoms with E-state index in [1.165, 1.54) is 0 Å². The Balaban J connectivity index is 2.08. The molecule has 1 atom stereocenters. The summed E-state index contributed by atoms with van der Waals surface area (Å²) in [7, 11) is 0. The highest BCUT2D eigenvalue weighted by Gasteiger charge is 2.26. The Labute approximate surface area is 98.8 Å². The van der Waals surface area contributed by atoms with Crippen LogP contribution in [0, 0.1) is 6.92 Å². The summed E-state index contributed by atoms with van der Waals surface area (Å²) in [4.78, 5) is 11.8. The SMILES string of the molecule is Cc1ccc2c(c1)nnn2C1CCCNC1=O. The van der Waals surface area contributed by atoms with Gasteiger partial charge in [0.2, 0.25) is 5.91 Å². The summed E-state index contributed by atoms with van der Waals surface area (Å²) < 4.78 is 1.74. The summed E-state index contributed by atoms with van der Waals surface area (Å²) in [6.07, 6.45) is 1.82. The average Bonchev–Trinajstić information content (AvgIpc) is 2.72. The minimum Gasteiger partial charge on any atom is -0.354 e. The van der Waals surface area contributed by atoms with Crippen LogP contribution in [0.1, 0.15) is 24.4 Å². The van der Waals surface area contributed by atoms with Crippen molar-refractivity contribution in [2.75, 3.05) is 6.54 Å². The van der Waals surface area contributed by atoms with Crippen LogP contribution in [0.2, 0.25) is 0 Å². The first kappa shape index (κ1) is 10.3. The lowest BCUT2D eigenvalue weighted by molar-refractivity contribution is -0.126. The lowest BCUT2D eigenvalue weighted by Gasteiger charge is -2.21. The first-order valence-corrected chi connectivity index (χ1v) is 5.85. The first-order valence-electron chi connectivity index (χ1n) is 5.85. The van der Waals surface area contributed by atoms with Gasteiger partial charge in [-0.05, 0) is 37.5 Å². The van der Waals surface area contributed by atoms with E-state index in [9.17, 15) is 4.79 Å². The van der Waals surface area contributed by atoms with E-state index in [4.69, 9.17) is 0 Å². The summed E-state index contributed by atoms with van der Waals surface area (Å²) in [5.41, 5.74) is 2.93. The smallest absolute Gasteiger partial charge is 0.244 e. The van der Waals surface area contributed by atoms with Crippen LogP contribution in [0.3, 0.4) is 0 Å². The summed E-state index contributed by atoms with van der Waals surface area (Å²) in [5, 5.41) is 11.1. The second-order valence-corrected chi connectivity index (χ2v) is 4.48. The number of amides is 1. The van der Waals surface area contributed by atoms with Gasteiger partial charge in [-0.25, -0.2) is 4.68 Å². The third kappa shape index (κ3) is 1.67. The van der Waals surface area contributed by atoms with E-state index >= 15 is 0 Å². The van der Waals surface area contributed by atoms with Crippen molar-refractivity contribution in [1.29, 1.82) is 0 Å². The molecule has 0 saturated carbocycles. The van der Waals surface area contributed by atoms with Crippen LogP contribution in [-0.4, -0.2) is 27.4 Å². The molecule has 0 radical (unpaired) electrons. The number of carbonyl (C=O) groups excluding carboxylic acids is 1. The largest absolute Gasteiger partial charge is 0.354 e. The molecular weight excluding hydrogens is 216 g/mol. The zero-order valence-electron chi connectivity index (χ0n) is 9.68. The molecule has 1 amide bonds. The fraction of sp³-hybridized carbons (Fsp3) is 0.417. The Morgan fingerprint density at radius 1 is 1.47 bits per heavy atom. The van der Waals surface area contributed by atoms with Gasteiger partial charge >= 0.3 is 0 Å². The van der Waals surface area contributed by atoms with Crippen LogP contribution in [0.25, 0.3) is 11.0 Å². The normalized spacial score (nSPS) is 20.5. The van der Waals surface area contributed by atoms with Gasteiger partial charge in [0.15, 0.2) is 0 Å². The van der Waals surface area contributed by atoms with Gasteiger partial charge in [-0.2, -0.15) is 0 Å². The fourth-order valence-electron chi connectivity index (χ4n) is 2.27. The van der Waals surface area contributed by atoms with Crippen LogP contribution in [-0.2, 0) is 4.79 Å². The van der Waals surface area contributed by atoms with E-state index < -0.39 is 0 Å². The Bertz CT molecular complexity index is 575. The lowest BCUT2D eigenvalue weighted by atomic mass is 10.1. The summed E-state index contributed by atoms with van der Waals surface area (Å²) in [5.74, 6) is 0.0450. The number of hydrogen-bond acceptors (Lipinski definition) is 3. The number of rotatable bonds is 1. The molecule has 1 saturated heterocycles. The van der Waals surface area contributed by atoms with Crippen LogP contribution < -0.4 is 5.32 Å². The molecule has 1 aliphatic heterocycles. The highest BCUT2D eigenvalue weighted by atomic mass is 16.2. The van der Waals surface area contributed by atoms with Crippen LogP contribution in [0.15, 0.2) is 18.2 Å². The molecule has 0 aliphatic carbocycles. The average molecular weight is 230 g/mol. The molecule has 1 fully saturated rings. The molecular formula is C12H14N4O. The molecule has 5 heteroatoms. The van der Waals surface area contributed by atoms with Crippen LogP contribution in [0.4, 0.5) is 0 Å². The zero-order chi connectivity index (χ0) is 11.8. The minimum atomic E-state index is -0.212.